The maximum atomic E-state index is 10.8. The minimum Gasteiger partial charge on any atom is -0.343 e. The molecule has 0 aliphatic rings. The molecule has 1 amide bonds. The van der Waals surface area contributed by atoms with Crippen LogP contribution in [0.3, 0.4) is 0 Å². The molecule has 3 heteroatoms. The highest BCUT2D eigenvalue weighted by molar-refractivity contribution is 5.77. The molecule has 0 aliphatic carbocycles. The zero-order valence-corrected chi connectivity index (χ0v) is 6.19. The van der Waals surface area contributed by atoms with Gasteiger partial charge in [0.2, 0.25) is 5.91 Å². The molecule has 9 heavy (non-hydrogen) atoms. The Morgan fingerprint density at radius 1 is 1.56 bits per heavy atom. The van der Waals surface area contributed by atoms with Gasteiger partial charge in [0, 0.05) is 5.92 Å². The smallest absolute Gasteiger partial charge is 0.223 e. The molecule has 0 aromatic heterocycles. The number of hydrogen-bond donors (Lipinski definition) is 2. The van der Waals surface area contributed by atoms with Crippen LogP contribution >= 0.6 is 0 Å². The van der Waals surface area contributed by atoms with Gasteiger partial charge in [-0.1, -0.05) is 13.8 Å². The third-order valence-corrected chi connectivity index (χ3v) is 0.964. The molecule has 2 N–H and O–H groups in total. The molecule has 0 atom stereocenters. The van der Waals surface area contributed by atoms with Gasteiger partial charge in [-0.2, -0.15) is 0 Å². The van der Waals surface area contributed by atoms with Crippen molar-refractivity contribution < 1.29 is 4.79 Å². The van der Waals surface area contributed by atoms with Crippen molar-refractivity contribution in [3.05, 3.63) is 0 Å². The van der Waals surface area contributed by atoms with Crippen molar-refractivity contribution in [2.45, 2.75) is 13.8 Å². The van der Waals surface area contributed by atoms with Gasteiger partial charge in [0.15, 0.2) is 0 Å². The molecular formula is C6H14N2O. The van der Waals surface area contributed by atoms with Gasteiger partial charge in [0.1, 0.15) is 0 Å². The van der Waals surface area contributed by atoms with E-state index in [0.29, 0.717) is 6.67 Å². The Morgan fingerprint density at radius 2 is 2.11 bits per heavy atom. The molecule has 0 aromatic carbocycles. The van der Waals surface area contributed by atoms with Gasteiger partial charge in [-0.15, -0.1) is 0 Å². The van der Waals surface area contributed by atoms with Gasteiger partial charge in [-0.25, -0.2) is 0 Å². The second kappa shape index (κ2) is 4.32. The summed E-state index contributed by atoms with van der Waals surface area (Å²) in [7, 11) is 1.79. The van der Waals surface area contributed by atoms with Crippen molar-refractivity contribution in [1.29, 1.82) is 0 Å². The maximum absolute atomic E-state index is 10.8. The van der Waals surface area contributed by atoms with Gasteiger partial charge < -0.3 is 10.6 Å². The highest BCUT2D eigenvalue weighted by Gasteiger charge is 2.02. The molecule has 0 heterocycles. The van der Waals surface area contributed by atoms with Crippen LogP contribution in [0.2, 0.25) is 0 Å². The van der Waals surface area contributed by atoms with Crippen LogP contribution in [0.4, 0.5) is 0 Å². The first-order valence-electron chi connectivity index (χ1n) is 3.10. The summed E-state index contributed by atoms with van der Waals surface area (Å²) < 4.78 is 0. The average molecular weight is 130 g/mol. The van der Waals surface area contributed by atoms with Gasteiger partial charge in [0.25, 0.3) is 0 Å². The standard InChI is InChI=1S/C6H14N2O/c1-5(2)6(9)8-4-7-3/h5,7H,4H2,1-3H3,(H,8,9). The minimum atomic E-state index is 0.0818. The summed E-state index contributed by atoms with van der Waals surface area (Å²) >= 11 is 0. The van der Waals surface area contributed by atoms with E-state index in [-0.39, 0.29) is 11.8 Å². The largest absolute Gasteiger partial charge is 0.343 e. The Hall–Kier alpha value is -0.570. The maximum Gasteiger partial charge on any atom is 0.223 e. The molecule has 54 valence electrons. The van der Waals surface area contributed by atoms with E-state index in [1.54, 1.807) is 7.05 Å². The van der Waals surface area contributed by atoms with E-state index in [1.807, 2.05) is 13.8 Å². The van der Waals surface area contributed by atoms with E-state index in [1.165, 1.54) is 0 Å². The lowest BCUT2D eigenvalue weighted by atomic mass is 10.2. The van der Waals surface area contributed by atoms with Gasteiger partial charge in [-0.05, 0) is 7.05 Å². The monoisotopic (exact) mass is 130 g/mol. The minimum absolute atomic E-state index is 0.0818. The second-order valence-corrected chi connectivity index (χ2v) is 2.23. The lowest BCUT2D eigenvalue weighted by Crippen LogP contribution is -2.34. The summed E-state index contributed by atoms with van der Waals surface area (Å²) in [6.07, 6.45) is 0. The molecular weight excluding hydrogens is 116 g/mol. The molecule has 0 bridgehead atoms. The number of hydrogen-bond acceptors (Lipinski definition) is 2. The molecule has 0 rings (SSSR count). The lowest BCUT2D eigenvalue weighted by molar-refractivity contribution is -0.124. The molecule has 0 aliphatic heterocycles. The summed E-state index contributed by atoms with van der Waals surface area (Å²) in [4.78, 5) is 10.8. The van der Waals surface area contributed by atoms with E-state index in [0.717, 1.165) is 0 Å². The molecule has 0 saturated carbocycles. The van der Waals surface area contributed by atoms with Crippen molar-refractivity contribution in [2.24, 2.45) is 5.92 Å². The Kier molecular flexibility index (Phi) is 4.05. The van der Waals surface area contributed by atoms with Crippen molar-refractivity contribution in [2.75, 3.05) is 13.7 Å². The molecule has 0 radical (unpaired) electrons. The van der Waals surface area contributed by atoms with Crippen molar-refractivity contribution in [3.8, 4) is 0 Å². The topological polar surface area (TPSA) is 41.1 Å². The quantitative estimate of drug-likeness (QED) is 0.525. The zero-order chi connectivity index (χ0) is 7.28. The van der Waals surface area contributed by atoms with E-state index in [9.17, 15) is 4.79 Å². The lowest BCUT2D eigenvalue weighted by Gasteiger charge is -2.05. The first-order valence-corrected chi connectivity index (χ1v) is 3.10. The van der Waals surface area contributed by atoms with Crippen molar-refractivity contribution in [3.63, 3.8) is 0 Å². The van der Waals surface area contributed by atoms with Crippen LogP contribution in [0, 0.1) is 5.92 Å². The first-order chi connectivity index (χ1) is 4.18. The third kappa shape index (κ3) is 3.97. The highest BCUT2D eigenvalue weighted by Crippen LogP contribution is 1.88. The van der Waals surface area contributed by atoms with E-state index in [4.69, 9.17) is 0 Å². The Labute approximate surface area is 55.8 Å². The van der Waals surface area contributed by atoms with Crippen LogP contribution in [0.1, 0.15) is 13.8 Å². The van der Waals surface area contributed by atoms with E-state index < -0.39 is 0 Å². The zero-order valence-electron chi connectivity index (χ0n) is 6.19. The summed E-state index contributed by atoms with van der Waals surface area (Å²) in [5.74, 6) is 0.169. The van der Waals surface area contributed by atoms with Crippen LogP contribution in [0.25, 0.3) is 0 Å². The number of carbonyl (C=O) groups is 1. The first kappa shape index (κ1) is 8.43. The van der Waals surface area contributed by atoms with Crippen LogP contribution in [-0.4, -0.2) is 19.6 Å². The summed E-state index contributed by atoms with van der Waals surface area (Å²) in [5.41, 5.74) is 0. The predicted octanol–water partition coefficient (Wildman–Crippen LogP) is -0.0645. The van der Waals surface area contributed by atoms with Gasteiger partial charge in [-0.3, -0.25) is 4.79 Å². The van der Waals surface area contributed by atoms with Crippen LogP contribution in [-0.2, 0) is 4.79 Å². The molecule has 0 unspecified atom stereocenters. The fourth-order valence-corrected chi connectivity index (χ4v) is 0.380. The number of amides is 1. The Balaban J connectivity index is 3.28. The third-order valence-electron chi connectivity index (χ3n) is 0.964. The fraction of sp³-hybridized carbons (Fsp3) is 0.833. The molecule has 0 saturated heterocycles. The normalized spacial score (nSPS) is 9.78. The van der Waals surface area contributed by atoms with Crippen LogP contribution in [0.15, 0.2) is 0 Å². The predicted molar refractivity (Wildman–Crippen MR) is 36.9 cm³/mol. The van der Waals surface area contributed by atoms with Crippen LogP contribution < -0.4 is 10.6 Å². The molecule has 0 spiro atoms. The van der Waals surface area contributed by atoms with E-state index >= 15 is 0 Å². The van der Waals surface area contributed by atoms with Gasteiger partial charge >= 0.3 is 0 Å². The van der Waals surface area contributed by atoms with Crippen LogP contribution in [0.5, 0.6) is 0 Å². The van der Waals surface area contributed by atoms with E-state index in [2.05, 4.69) is 10.6 Å². The van der Waals surface area contributed by atoms with Gasteiger partial charge in [0.05, 0.1) is 6.67 Å². The Bertz CT molecular complexity index is 91.1. The average Bonchev–Trinajstić information content (AvgIpc) is 1.82. The number of nitrogens with one attached hydrogen (secondary N) is 2. The summed E-state index contributed by atoms with van der Waals surface area (Å²) in [5, 5.41) is 5.50. The van der Waals surface area contributed by atoms with Crippen molar-refractivity contribution in [1.82, 2.24) is 10.6 Å². The fourth-order valence-electron chi connectivity index (χ4n) is 0.380. The molecule has 0 fully saturated rings. The SMILES string of the molecule is CNCNC(=O)C(C)C. The summed E-state index contributed by atoms with van der Waals surface area (Å²) in [6.45, 7) is 4.28. The second-order valence-electron chi connectivity index (χ2n) is 2.23. The van der Waals surface area contributed by atoms with Crippen molar-refractivity contribution >= 4 is 5.91 Å². The highest BCUT2D eigenvalue weighted by atomic mass is 16.1. The summed E-state index contributed by atoms with van der Waals surface area (Å²) in [6, 6.07) is 0. The number of carbonyl (C=O) groups excluding carboxylic acids is 1. The Morgan fingerprint density at radius 3 is 2.44 bits per heavy atom. The number of rotatable bonds is 3. The molecule has 0 aromatic rings. The molecule has 3 nitrogen and oxygen atoms in total.